The molecule has 0 atom stereocenters. The van der Waals surface area contributed by atoms with Gasteiger partial charge in [0.2, 0.25) is 5.91 Å². The summed E-state index contributed by atoms with van der Waals surface area (Å²) in [5.74, 6) is 0.817. The molecule has 0 bridgehead atoms. The van der Waals surface area contributed by atoms with E-state index in [1.165, 1.54) is 0 Å². The maximum atomic E-state index is 11.9. The summed E-state index contributed by atoms with van der Waals surface area (Å²) in [6.07, 6.45) is 1.14. The molecule has 0 unspecified atom stereocenters. The quantitative estimate of drug-likeness (QED) is 0.806. The van der Waals surface area contributed by atoms with Gasteiger partial charge in [0.25, 0.3) is 0 Å². The van der Waals surface area contributed by atoms with Crippen molar-refractivity contribution in [2.24, 2.45) is 0 Å². The fourth-order valence-corrected chi connectivity index (χ4v) is 2.73. The van der Waals surface area contributed by atoms with E-state index in [4.69, 9.17) is 16.3 Å². The van der Waals surface area contributed by atoms with E-state index in [0.717, 1.165) is 21.3 Å². The second kappa shape index (κ2) is 8.20. The molecular formula is C17H17BrClNO2. The van der Waals surface area contributed by atoms with Crippen LogP contribution in [0, 0.1) is 0 Å². The number of hydrogen-bond donors (Lipinski definition) is 1. The van der Waals surface area contributed by atoms with Crippen LogP contribution in [0.3, 0.4) is 0 Å². The van der Waals surface area contributed by atoms with Crippen molar-refractivity contribution >= 4 is 33.4 Å². The summed E-state index contributed by atoms with van der Waals surface area (Å²) in [6.45, 7) is 0.516. The van der Waals surface area contributed by atoms with Crippen LogP contribution in [0.15, 0.2) is 46.9 Å². The lowest BCUT2D eigenvalue weighted by molar-refractivity contribution is -0.121. The molecule has 5 heteroatoms. The van der Waals surface area contributed by atoms with Gasteiger partial charge in [-0.1, -0.05) is 29.8 Å². The molecule has 0 saturated heterocycles. The number of hydrogen-bond acceptors (Lipinski definition) is 2. The minimum Gasteiger partial charge on any atom is -0.496 e. The Balaban J connectivity index is 1.80. The Morgan fingerprint density at radius 2 is 1.86 bits per heavy atom. The number of carbonyl (C=O) groups excluding carboxylic acids is 1. The average Bonchev–Trinajstić information content (AvgIpc) is 2.52. The Morgan fingerprint density at radius 3 is 2.50 bits per heavy atom. The maximum absolute atomic E-state index is 11.9. The van der Waals surface area contributed by atoms with Crippen LogP contribution in [0.1, 0.15) is 17.5 Å². The van der Waals surface area contributed by atoms with Gasteiger partial charge >= 0.3 is 0 Å². The molecule has 0 aliphatic carbocycles. The molecule has 0 saturated carbocycles. The SMILES string of the molecule is COc1ccc(CCC(=O)NCc2ccc(Cl)cc2)cc1Br. The fraction of sp³-hybridized carbons (Fsp3) is 0.235. The number of ether oxygens (including phenoxy) is 1. The Bertz CT molecular complexity index is 644. The van der Waals surface area contributed by atoms with Crippen LogP contribution >= 0.6 is 27.5 Å². The van der Waals surface area contributed by atoms with Gasteiger partial charge < -0.3 is 10.1 Å². The minimum absolute atomic E-state index is 0.0295. The Hall–Kier alpha value is -1.52. The highest BCUT2D eigenvalue weighted by atomic mass is 79.9. The predicted octanol–water partition coefficient (Wildman–Crippen LogP) is 4.36. The lowest BCUT2D eigenvalue weighted by Crippen LogP contribution is -2.22. The van der Waals surface area contributed by atoms with Gasteiger partial charge in [-0.2, -0.15) is 0 Å². The highest BCUT2D eigenvalue weighted by molar-refractivity contribution is 9.10. The summed E-state index contributed by atoms with van der Waals surface area (Å²) in [6, 6.07) is 13.3. The fourth-order valence-electron chi connectivity index (χ4n) is 2.01. The minimum atomic E-state index is 0.0295. The van der Waals surface area contributed by atoms with Crippen molar-refractivity contribution in [2.75, 3.05) is 7.11 Å². The normalized spacial score (nSPS) is 10.3. The van der Waals surface area contributed by atoms with Gasteiger partial charge in [0.05, 0.1) is 11.6 Å². The molecule has 0 radical (unpaired) electrons. The van der Waals surface area contributed by atoms with Gasteiger partial charge in [0.1, 0.15) is 5.75 Å². The number of halogens is 2. The molecule has 0 spiro atoms. The standard InChI is InChI=1S/C17H17BrClNO2/c1-22-16-8-4-12(10-15(16)18)5-9-17(21)20-11-13-2-6-14(19)7-3-13/h2-4,6-8,10H,5,9,11H2,1H3,(H,20,21). The number of nitrogens with one attached hydrogen (secondary N) is 1. The molecule has 0 aromatic heterocycles. The summed E-state index contributed by atoms with van der Waals surface area (Å²) in [7, 11) is 1.63. The third-order valence-corrected chi connectivity index (χ3v) is 4.13. The van der Waals surface area contributed by atoms with E-state index in [9.17, 15) is 4.79 Å². The zero-order valence-corrected chi connectivity index (χ0v) is 14.6. The van der Waals surface area contributed by atoms with Gasteiger partial charge in [-0.15, -0.1) is 0 Å². The monoisotopic (exact) mass is 381 g/mol. The van der Waals surface area contributed by atoms with Crippen molar-refractivity contribution in [2.45, 2.75) is 19.4 Å². The van der Waals surface area contributed by atoms with E-state index in [-0.39, 0.29) is 5.91 Å². The molecule has 2 rings (SSSR count). The van der Waals surface area contributed by atoms with E-state index >= 15 is 0 Å². The topological polar surface area (TPSA) is 38.3 Å². The maximum Gasteiger partial charge on any atom is 0.220 e. The summed E-state index contributed by atoms with van der Waals surface area (Å²) in [4.78, 5) is 11.9. The second-order valence-electron chi connectivity index (χ2n) is 4.87. The van der Waals surface area contributed by atoms with Crippen LogP contribution in [0.5, 0.6) is 5.75 Å². The number of rotatable bonds is 6. The molecule has 3 nitrogen and oxygen atoms in total. The Kier molecular flexibility index (Phi) is 6.28. The first kappa shape index (κ1) is 16.8. The molecule has 22 heavy (non-hydrogen) atoms. The zero-order valence-electron chi connectivity index (χ0n) is 12.2. The third kappa shape index (κ3) is 5.04. The van der Waals surface area contributed by atoms with Gasteiger partial charge in [-0.05, 0) is 57.7 Å². The highest BCUT2D eigenvalue weighted by Crippen LogP contribution is 2.25. The van der Waals surface area contributed by atoms with E-state index in [2.05, 4.69) is 21.2 Å². The molecule has 116 valence electrons. The number of benzene rings is 2. The van der Waals surface area contributed by atoms with Crippen molar-refractivity contribution in [3.05, 3.63) is 63.1 Å². The summed E-state index contributed by atoms with van der Waals surface area (Å²) in [5.41, 5.74) is 2.12. The molecule has 0 fully saturated rings. The number of amides is 1. The summed E-state index contributed by atoms with van der Waals surface area (Å²) in [5, 5.41) is 3.60. The zero-order chi connectivity index (χ0) is 15.9. The molecule has 0 aliphatic heterocycles. The second-order valence-corrected chi connectivity index (χ2v) is 6.16. The molecule has 2 aromatic carbocycles. The van der Waals surface area contributed by atoms with Crippen LogP contribution in [0.2, 0.25) is 5.02 Å². The van der Waals surface area contributed by atoms with Crippen molar-refractivity contribution in [3.8, 4) is 5.75 Å². The third-order valence-electron chi connectivity index (χ3n) is 3.26. The summed E-state index contributed by atoms with van der Waals surface area (Å²) >= 11 is 9.27. The first-order valence-corrected chi connectivity index (χ1v) is 8.09. The van der Waals surface area contributed by atoms with E-state index in [1.54, 1.807) is 7.11 Å². The van der Waals surface area contributed by atoms with Crippen LogP contribution < -0.4 is 10.1 Å². The first-order chi connectivity index (χ1) is 10.6. The molecule has 0 heterocycles. The van der Waals surface area contributed by atoms with E-state index in [0.29, 0.717) is 24.4 Å². The van der Waals surface area contributed by atoms with Crippen molar-refractivity contribution in [1.29, 1.82) is 0 Å². The molecule has 0 aliphatic rings. The van der Waals surface area contributed by atoms with E-state index < -0.39 is 0 Å². The first-order valence-electron chi connectivity index (χ1n) is 6.92. The van der Waals surface area contributed by atoms with Crippen molar-refractivity contribution in [1.82, 2.24) is 5.32 Å². The lowest BCUT2D eigenvalue weighted by atomic mass is 10.1. The van der Waals surface area contributed by atoms with Gasteiger partial charge in [-0.3, -0.25) is 4.79 Å². The van der Waals surface area contributed by atoms with Crippen LogP contribution in [0.4, 0.5) is 0 Å². The summed E-state index contributed by atoms with van der Waals surface area (Å²) < 4.78 is 6.08. The van der Waals surface area contributed by atoms with E-state index in [1.807, 2.05) is 42.5 Å². The van der Waals surface area contributed by atoms with Crippen molar-refractivity contribution < 1.29 is 9.53 Å². The number of carbonyl (C=O) groups is 1. The Labute approximate surface area is 143 Å². The molecule has 2 aromatic rings. The van der Waals surface area contributed by atoms with Crippen LogP contribution in [-0.4, -0.2) is 13.0 Å². The number of methoxy groups -OCH3 is 1. The van der Waals surface area contributed by atoms with Crippen LogP contribution in [0.25, 0.3) is 0 Å². The van der Waals surface area contributed by atoms with Crippen molar-refractivity contribution in [3.63, 3.8) is 0 Å². The Morgan fingerprint density at radius 1 is 1.18 bits per heavy atom. The van der Waals surface area contributed by atoms with Gasteiger partial charge in [0, 0.05) is 18.0 Å². The number of aryl methyl sites for hydroxylation is 1. The molecule has 1 N–H and O–H groups in total. The average molecular weight is 383 g/mol. The largest absolute Gasteiger partial charge is 0.496 e. The smallest absolute Gasteiger partial charge is 0.220 e. The molecular weight excluding hydrogens is 366 g/mol. The van der Waals surface area contributed by atoms with Gasteiger partial charge in [0.15, 0.2) is 0 Å². The predicted molar refractivity (Wildman–Crippen MR) is 92.3 cm³/mol. The van der Waals surface area contributed by atoms with Gasteiger partial charge in [-0.25, -0.2) is 0 Å². The van der Waals surface area contributed by atoms with Crippen LogP contribution in [-0.2, 0) is 17.8 Å². The lowest BCUT2D eigenvalue weighted by Gasteiger charge is -2.07. The highest BCUT2D eigenvalue weighted by Gasteiger charge is 2.05. The molecule has 1 amide bonds.